The van der Waals surface area contributed by atoms with E-state index in [0.717, 1.165) is 0 Å². The Labute approximate surface area is 97.5 Å². The van der Waals surface area contributed by atoms with Gasteiger partial charge in [0.15, 0.2) is 0 Å². The average Bonchev–Trinajstić information content (AvgIpc) is 2.05. The van der Waals surface area contributed by atoms with Gasteiger partial charge in [-0.05, 0) is 19.8 Å². The van der Waals surface area contributed by atoms with Gasteiger partial charge in [-0.15, -0.1) is 0 Å². The van der Waals surface area contributed by atoms with Gasteiger partial charge in [-0.2, -0.15) is 0 Å². The second kappa shape index (κ2) is 5.01. The molecule has 0 aliphatic carbocycles. The molecule has 0 amide bonds. The van der Waals surface area contributed by atoms with Crippen LogP contribution in [-0.2, 0) is 19.7 Å². The number of sulfone groups is 2. The minimum absolute atomic E-state index is 0.0935. The predicted molar refractivity (Wildman–Crippen MR) is 64.0 cm³/mol. The first-order valence-corrected chi connectivity index (χ1v) is 9.20. The van der Waals surface area contributed by atoms with Crippen LogP contribution in [0, 0.1) is 0 Å². The molecule has 0 bridgehead atoms. The van der Waals surface area contributed by atoms with Crippen LogP contribution in [0.5, 0.6) is 0 Å². The monoisotopic (exact) mass is 269 g/mol. The molecular formula is C9H19NO4S2. The molecule has 1 saturated heterocycles. The quantitative estimate of drug-likeness (QED) is 0.750. The van der Waals surface area contributed by atoms with Crippen LogP contribution in [0.1, 0.15) is 19.8 Å². The maximum Gasteiger partial charge on any atom is 0.150 e. The zero-order valence-electron chi connectivity index (χ0n) is 9.64. The van der Waals surface area contributed by atoms with Crippen LogP contribution < -0.4 is 5.32 Å². The molecule has 0 saturated carbocycles. The number of hydrogen-bond donors (Lipinski definition) is 1. The van der Waals surface area contributed by atoms with Gasteiger partial charge in [-0.1, -0.05) is 0 Å². The van der Waals surface area contributed by atoms with Gasteiger partial charge in [0.1, 0.15) is 19.7 Å². The minimum atomic E-state index is -2.98. The maximum absolute atomic E-state index is 11.2. The molecule has 96 valence electrons. The molecule has 1 fully saturated rings. The van der Waals surface area contributed by atoms with E-state index in [-0.39, 0.29) is 29.3 Å². The summed E-state index contributed by atoms with van der Waals surface area (Å²) in [5.74, 6) is 0.503. The van der Waals surface area contributed by atoms with E-state index in [1.807, 2.05) is 6.92 Å². The van der Waals surface area contributed by atoms with Crippen molar-refractivity contribution in [1.29, 1.82) is 0 Å². The third-order valence-electron chi connectivity index (χ3n) is 2.63. The van der Waals surface area contributed by atoms with Crippen molar-refractivity contribution in [3.05, 3.63) is 0 Å². The zero-order valence-corrected chi connectivity index (χ0v) is 11.3. The third kappa shape index (κ3) is 5.27. The van der Waals surface area contributed by atoms with Crippen LogP contribution in [0.4, 0.5) is 0 Å². The molecule has 1 atom stereocenters. The van der Waals surface area contributed by atoms with Crippen molar-refractivity contribution in [2.24, 2.45) is 0 Å². The van der Waals surface area contributed by atoms with Crippen molar-refractivity contribution in [3.8, 4) is 0 Å². The highest BCUT2D eigenvalue weighted by Crippen LogP contribution is 2.12. The molecule has 1 rings (SSSR count). The minimum Gasteiger partial charge on any atom is -0.310 e. The lowest BCUT2D eigenvalue weighted by molar-refractivity contribution is 0.427. The first kappa shape index (κ1) is 13.9. The highest BCUT2D eigenvalue weighted by atomic mass is 32.2. The van der Waals surface area contributed by atoms with E-state index >= 15 is 0 Å². The van der Waals surface area contributed by atoms with Gasteiger partial charge >= 0.3 is 0 Å². The maximum atomic E-state index is 11.2. The summed E-state index contributed by atoms with van der Waals surface area (Å²) >= 11 is 0. The van der Waals surface area contributed by atoms with Crippen molar-refractivity contribution in [3.63, 3.8) is 0 Å². The van der Waals surface area contributed by atoms with E-state index in [1.165, 1.54) is 6.26 Å². The average molecular weight is 269 g/mol. The van der Waals surface area contributed by atoms with Crippen molar-refractivity contribution < 1.29 is 16.8 Å². The topological polar surface area (TPSA) is 80.3 Å². The summed E-state index contributed by atoms with van der Waals surface area (Å²) in [5.41, 5.74) is 0. The molecule has 7 heteroatoms. The van der Waals surface area contributed by atoms with Crippen LogP contribution >= 0.6 is 0 Å². The molecule has 0 aromatic rings. The molecule has 0 spiro atoms. The van der Waals surface area contributed by atoms with Gasteiger partial charge in [0.2, 0.25) is 0 Å². The Hall–Kier alpha value is -0.140. The molecule has 0 aromatic heterocycles. The number of hydrogen-bond acceptors (Lipinski definition) is 5. The summed E-state index contributed by atoms with van der Waals surface area (Å²) in [6.45, 7) is 1.81. The first-order valence-electron chi connectivity index (χ1n) is 5.32. The van der Waals surface area contributed by atoms with Crippen LogP contribution in [0.25, 0.3) is 0 Å². The molecule has 5 nitrogen and oxygen atoms in total. The van der Waals surface area contributed by atoms with Gasteiger partial charge in [0.05, 0.1) is 17.3 Å². The lowest BCUT2D eigenvalue weighted by Crippen LogP contribution is -2.44. The summed E-state index contributed by atoms with van der Waals surface area (Å²) in [6, 6.07) is 0.000999. The highest BCUT2D eigenvalue weighted by molar-refractivity contribution is 7.91. The Bertz CT molecular complexity index is 412. The standard InChI is InChI=1S/C9H19NO4S2/c1-8(7-15(2,11)12)10-9-3-5-16(13,14)6-4-9/h8-10H,3-7H2,1-2H3. The van der Waals surface area contributed by atoms with E-state index in [4.69, 9.17) is 0 Å². The van der Waals surface area contributed by atoms with Crippen LogP contribution in [0.2, 0.25) is 0 Å². The van der Waals surface area contributed by atoms with E-state index in [9.17, 15) is 16.8 Å². The summed E-state index contributed by atoms with van der Waals surface area (Å²) in [5, 5.41) is 3.17. The zero-order chi connectivity index (χ0) is 12.4. The molecule has 0 aromatic carbocycles. The molecule has 1 N–H and O–H groups in total. The van der Waals surface area contributed by atoms with Gasteiger partial charge in [-0.3, -0.25) is 0 Å². The Balaban J connectivity index is 2.40. The molecule has 16 heavy (non-hydrogen) atoms. The number of nitrogens with one attached hydrogen (secondary N) is 1. The van der Waals surface area contributed by atoms with Gasteiger partial charge in [-0.25, -0.2) is 16.8 Å². The third-order valence-corrected chi connectivity index (χ3v) is 5.45. The summed E-state index contributed by atoms with van der Waals surface area (Å²) in [4.78, 5) is 0. The van der Waals surface area contributed by atoms with Gasteiger partial charge < -0.3 is 5.32 Å². The Morgan fingerprint density at radius 3 is 2.25 bits per heavy atom. The van der Waals surface area contributed by atoms with Crippen LogP contribution in [0.3, 0.4) is 0 Å². The normalized spacial score (nSPS) is 24.1. The fraction of sp³-hybridized carbons (Fsp3) is 1.00. The summed E-state index contributed by atoms with van der Waals surface area (Å²) < 4.78 is 44.5. The lowest BCUT2D eigenvalue weighted by Gasteiger charge is -2.26. The fourth-order valence-electron chi connectivity index (χ4n) is 1.96. The highest BCUT2D eigenvalue weighted by Gasteiger charge is 2.24. The Morgan fingerprint density at radius 2 is 1.81 bits per heavy atom. The SMILES string of the molecule is CC(CS(C)(=O)=O)NC1CCS(=O)(=O)CC1. The molecule has 0 radical (unpaired) electrons. The van der Waals surface area contributed by atoms with E-state index in [1.54, 1.807) is 0 Å². The smallest absolute Gasteiger partial charge is 0.150 e. The Morgan fingerprint density at radius 1 is 1.31 bits per heavy atom. The van der Waals surface area contributed by atoms with E-state index in [0.29, 0.717) is 12.8 Å². The number of rotatable bonds is 4. The fourth-order valence-corrected chi connectivity index (χ4v) is 4.46. The lowest BCUT2D eigenvalue weighted by atomic mass is 10.1. The molecule has 1 aliphatic rings. The van der Waals surface area contributed by atoms with Gasteiger partial charge in [0.25, 0.3) is 0 Å². The van der Waals surface area contributed by atoms with Crippen LogP contribution in [-0.4, -0.2) is 52.4 Å². The summed E-state index contributed by atoms with van der Waals surface area (Å²) in [6.07, 6.45) is 2.36. The van der Waals surface area contributed by atoms with Crippen molar-refractivity contribution in [2.75, 3.05) is 23.5 Å². The second-order valence-electron chi connectivity index (χ2n) is 4.59. The largest absolute Gasteiger partial charge is 0.310 e. The van der Waals surface area contributed by atoms with Crippen molar-refractivity contribution in [1.82, 2.24) is 5.32 Å². The van der Waals surface area contributed by atoms with E-state index < -0.39 is 19.7 Å². The van der Waals surface area contributed by atoms with Gasteiger partial charge in [0, 0.05) is 18.3 Å². The second-order valence-corrected chi connectivity index (χ2v) is 9.07. The predicted octanol–water partition coefficient (Wildman–Crippen LogP) is -0.414. The first-order chi connectivity index (χ1) is 7.18. The van der Waals surface area contributed by atoms with Crippen LogP contribution in [0.15, 0.2) is 0 Å². The molecular weight excluding hydrogens is 250 g/mol. The van der Waals surface area contributed by atoms with Crippen molar-refractivity contribution in [2.45, 2.75) is 31.8 Å². The Kier molecular flexibility index (Phi) is 4.36. The van der Waals surface area contributed by atoms with E-state index in [2.05, 4.69) is 5.32 Å². The summed E-state index contributed by atoms with van der Waals surface area (Å²) in [7, 11) is -5.82. The van der Waals surface area contributed by atoms with Crippen molar-refractivity contribution >= 4 is 19.7 Å². The molecule has 1 heterocycles. The molecule has 1 unspecified atom stereocenters. The molecule has 1 aliphatic heterocycles.